The average Bonchev–Trinajstić information content (AvgIpc) is 3.28. The van der Waals surface area contributed by atoms with Crippen LogP contribution in [0.4, 0.5) is 5.82 Å². The number of nitrogens with one attached hydrogen (secondary N) is 1. The highest BCUT2D eigenvalue weighted by molar-refractivity contribution is 9.10. The number of para-hydroxylation sites is 1. The van der Waals surface area contributed by atoms with Crippen molar-refractivity contribution in [2.75, 3.05) is 18.8 Å². The summed E-state index contributed by atoms with van der Waals surface area (Å²) in [5.74, 6) is 0.745. The van der Waals surface area contributed by atoms with E-state index in [2.05, 4.69) is 27.5 Å². The van der Waals surface area contributed by atoms with Crippen molar-refractivity contribution in [1.29, 1.82) is 0 Å². The number of aromatic amines is 1. The minimum absolute atomic E-state index is 0.0764. The molecule has 1 amide bonds. The lowest BCUT2D eigenvalue weighted by molar-refractivity contribution is -0.124. The number of anilines is 1. The van der Waals surface area contributed by atoms with E-state index in [9.17, 15) is 9.90 Å². The molecule has 1 fully saturated rings. The lowest BCUT2D eigenvalue weighted by atomic mass is 10.1. The van der Waals surface area contributed by atoms with Gasteiger partial charge in [0.15, 0.2) is 0 Å². The van der Waals surface area contributed by atoms with Gasteiger partial charge >= 0.3 is 0 Å². The van der Waals surface area contributed by atoms with Gasteiger partial charge < -0.3 is 26.5 Å². The topological polar surface area (TPSA) is 108 Å². The third kappa shape index (κ3) is 4.92. The lowest BCUT2D eigenvalue weighted by Crippen LogP contribution is -2.25. The number of hydrogen-bond acceptors (Lipinski definition) is 4. The number of likely N-dealkylation sites (tertiary alicyclic amines) is 1. The summed E-state index contributed by atoms with van der Waals surface area (Å²) >= 11 is 3.36. The maximum Gasteiger partial charge on any atom is 0.245 e. The molecule has 26 heavy (non-hydrogen) atoms. The number of rotatable bonds is 3. The van der Waals surface area contributed by atoms with Gasteiger partial charge in [-0.25, -0.2) is 0 Å². The van der Waals surface area contributed by atoms with Crippen LogP contribution in [0.25, 0.3) is 11.8 Å². The highest BCUT2D eigenvalue weighted by Crippen LogP contribution is 2.28. The summed E-state index contributed by atoms with van der Waals surface area (Å²) in [5, 5.41) is 9.68. The van der Waals surface area contributed by atoms with Crippen molar-refractivity contribution in [3.63, 3.8) is 0 Å². The van der Waals surface area contributed by atoms with Crippen molar-refractivity contribution in [2.24, 2.45) is 5.73 Å². The molecule has 7 heteroatoms. The Morgan fingerprint density at radius 3 is 2.50 bits per heavy atom. The van der Waals surface area contributed by atoms with E-state index in [0.717, 1.165) is 36.0 Å². The number of benzene rings is 1. The largest absolute Gasteiger partial charge is 0.507 e. The van der Waals surface area contributed by atoms with E-state index in [4.69, 9.17) is 11.5 Å². The third-order valence-corrected chi connectivity index (χ3v) is 4.67. The molecule has 0 unspecified atom stereocenters. The summed E-state index contributed by atoms with van der Waals surface area (Å²) in [6, 6.07) is 6.89. The number of halogens is 1. The molecule has 0 atom stereocenters. The second kappa shape index (κ2) is 9.15. The van der Waals surface area contributed by atoms with Crippen LogP contribution in [-0.2, 0) is 4.79 Å². The molecule has 2 heterocycles. The standard InChI is InChI=1S/C12H12BrN3O.C7H11NO/c13-9-6-16-12(15)8(9)5-10(14)7-3-1-2-4-11(7)17;1-2-7(9)8-5-3-4-6-8/h1-6,16-17H,14-15H2;2H,1,3-6H2/b10-5-;. The number of aromatic hydroxyl groups is 1. The van der Waals surface area contributed by atoms with Gasteiger partial charge in [0.05, 0.1) is 0 Å². The molecule has 1 aliphatic rings. The van der Waals surface area contributed by atoms with E-state index in [-0.39, 0.29) is 11.7 Å². The van der Waals surface area contributed by atoms with Crippen molar-refractivity contribution in [3.05, 3.63) is 58.7 Å². The molecular weight excluding hydrogens is 396 g/mol. The number of carbonyl (C=O) groups excluding carboxylic acids is 1. The number of carbonyl (C=O) groups is 1. The summed E-state index contributed by atoms with van der Waals surface area (Å²) in [6.45, 7) is 5.26. The quantitative estimate of drug-likeness (QED) is 0.573. The number of nitrogens with zero attached hydrogens (tertiary/aromatic N) is 1. The van der Waals surface area contributed by atoms with Crippen LogP contribution in [0.5, 0.6) is 5.75 Å². The molecule has 2 aromatic rings. The Morgan fingerprint density at radius 1 is 1.31 bits per heavy atom. The first kappa shape index (κ1) is 19.7. The lowest BCUT2D eigenvalue weighted by Gasteiger charge is -2.10. The molecule has 6 nitrogen and oxygen atoms in total. The van der Waals surface area contributed by atoms with E-state index in [0.29, 0.717) is 17.1 Å². The van der Waals surface area contributed by atoms with Crippen molar-refractivity contribution >= 4 is 39.4 Å². The van der Waals surface area contributed by atoms with Gasteiger partial charge in [0.2, 0.25) is 5.91 Å². The Labute approximate surface area is 161 Å². The van der Waals surface area contributed by atoms with E-state index in [1.807, 2.05) is 11.0 Å². The van der Waals surface area contributed by atoms with Crippen LogP contribution in [0.1, 0.15) is 24.0 Å². The highest BCUT2D eigenvalue weighted by Gasteiger charge is 2.14. The first-order valence-corrected chi connectivity index (χ1v) is 9.02. The van der Waals surface area contributed by atoms with Crippen LogP contribution in [0.15, 0.2) is 47.6 Å². The second-order valence-electron chi connectivity index (χ2n) is 5.82. The van der Waals surface area contributed by atoms with Crippen LogP contribution in [-0.4, -0.2) is 34.0 Å². The van der Waals surface area contributed by atoms with Crippen LogP contribution in [0.3, 0.4) is 0 Å². The zero-order chi connectivity index (χ0) is 19.1. The fraction of sp³-hybridized carbons (Fsp3) is 0.211. The number of phenols is 1. The molecule has 0 radical (unpaired) electrons. The molecule has 3 rings (SSSR count). The monoisotopic (exact) mass is 418 g/mol. The van der Waals surface area contributed by atoms with Crippen molar-refractivity contribution in [2.45, 2.75) is 12.8 Å². The van der Waals surface area contributed by atoms with Gasteiger partial charge in [0.1, 0.15) is 11.6 Å². The predicted octanol–water partition coefficient (Wildman–Crippen LogP) is 3.32. The van der Waals surface area contributed by atoms with Crippen LogP contribution < -0.4 is 11.5 Å². The van der Waals surface area contributed by atoms with Crippen LogP contribution in [0.2, 0.25) is 0 Å². The summed E-state index contributed by atoms with van der Waals surface area (Å²) in [6.07, 6.45) is 7.13. The SMILES string of the molecule is C=CC(=O)N1CCCC1.N/C(=C\c1c(Br)c[nH]c1N)c1ccccc1O. The number of phenolic OH excluding ortho intramolecular Hbond substituents is 1. The summed E-state index contributed by atoms with van der Waals surface area (Å²) in [7, 11) is 0. The summed E-state index contributed by atoms with van der Waals surface area (Å²) in [5.41, 5.74) is 13.5. The molecule has 0 saturated carbocycles. The summed E-state index contributed by atoms with van der Waals surface area (Å²) < 4.78 is 0.827. The molecule has 1 aliphatic heterocycles. The van der Waals surface area contributed by atoms with Gasteiger partial charge in [-0.15, -0.1) is 0 Å². The van der Waals surface area contributed by atoms with Gasteiger partial charge in [0.25, 0.3) is 0 Å². The van der Waals surface area contributed by atoms with Crippen molar-refractivity contribution in [1.82, 2.24) is 9.88 Å². The van der Waals surface area contributed by atoms with E-state index in [1.54, 1.807) is 30.5 Å². The first-order chi connectivity index (χ1) is 12.4. The first-order valence-electron chi connectivity index (χ1n) is 8.23. The van der Waals surface area contributed by atoms with Crippen LogP contribution in [0, 0.1) is 0 Å². The second-order valence-corrected chi connectivity index (χ2v) is 6.67. The van der Waals surface area contributed by atoms with Gasteiger partial charge in [-0.2, -0.15) is 0 Å². The van der Waals surface area contributed by atoms with Crippen molar-refractivity contribution in [3.8, 4) is 5.75 Å². The molecule has 6 N–H and O–H groups in total. The van der Waals surface area contributed by atoms with Gasteiger partial charge in [-0.1, -0.05) is 18.7 Å². The number of nitrogen functional groups attached to an aromatic ring is 1. The van der Waals surface area contributed by atoms with Gasteiger partial charge in [-0.05, 0) is 53.1 Å². The zero-order valence-corrected chi connectivity index (χ0v) is 16.0. The minimum Gasteiger partial charge on any atom is -0.507 e. The number of aromatic nitrogens is 1. The number of hydrogen-bond donors (Lipinski definition) is 4. The Balaban J connectivity index is 0.000000228. The fourth-order valence-electron chi connectivity index (χ4n) is 2.59. The Morgan fingerprint density at radius 2 is 1.96 bits per heavy atom. The number of amides is 1. The molecule has 0 aliphatic carbocycles. The third-order valence-electron chi connectivity index (χ3n) is 4.01. The molecule has 1 saturated heterocycles. The maximum absolute atomic E-state index is 10.8. The number of H-pyrrole nitrogens is 1. The van der Waals surface area contributed by atoms with Gasteiger partial charge in [0, 0.05) is 40.6 Å². The Bertz CT molecular complexity index is 788. The predicted molar refractivity (Wildman–Crippen MR) is 109 cm³/mol. The van der Waals surface area contributed by atoms with E-state index in [1.165, 1.54) is 6.08 Å². The fourth-order valence-corrected chi connectivity index (χ4v) is 3.03. The number of nitrogens with two attached hydrogens (primary N) is 2. The smallest absolute Gasteiger partial charge is 0.245 e. The summed E-state index contributed by atoms with van der Waals surface area (Å²) in [4.78, 5) is 15.5. The molecular formula is C19H23BrN4O2. The van der Waals surface area contributed by atoms with E-state index >= 15 is 0 Å². The molecule has 0 bridgehead atoms. The molecule has 1 aromatic heterocycles. The van der Waals surface area contributed by atoms with Crippen molar-refractivity contribution < 1.29 is 9.90 Å². The average molecular weight is 419 g/mol. The van der Waals surface area contributed by atoms with E-state index < -0.39 is 0 Å². The molecule has 138 valence electrons. The Kier molecular flexibility index (Phi) is 6.91. The highest BCUT2D eigenvalue weighted by atomic mass is 79.9. The Hall–Kier alpha value is -2.67. The van der Waals surface area contributed by atoms with Gasteiger partial charge in [-0.3, -0.25) is 4.79 Å². The maximum atomic E-state index is 10.8. The molecule has 0 spiro atoms. The zero-order valence-electron chi connectivity index (χ0n) is 14.4. The molecule has 1 aromatic carbocycles. The normalized spacial score (nSPS) is 13.9. The van der Waals surface area contributed by atoms with Crippen LogP contribution >= 0.6 is 15.9 Å². The minimum atomic E-state index is 0.0764.